The Morgan fingerprint density at radius 3 is 2.45 bits per heavy atom. The first-order valence-electron chi connectivity index (χ1n) is 10.8. The molecule has 2 aliphatic rings. The Labute approximate surface area is 209 Å². The normalized spacial score (nSPS) is 19.0. The molecule has 164 valence electrons. The first kappa shape index (κ1) is 20.8. The molecule has 6 heteroatoms. The molecule has 0 aliphatic carbocycles. The fraction of sp³-hybridized carbons (Fsp3) is 0.148. The molecule has 6 rings (SSSR count). The molecule has 4 aromatic rings. The quantitative estimate of drug-likeness (QED) is 0.257. The van der Waals surface area contributed by atoms with Gasteiger partial charge in [0.25, 0.3) is 0 Å². The molecule has 0 bridgehead atoms. The van der Waals surface area contributed by atoms with E-state index < -0.39 is 6.23 Å². The summed E-state index contributed by atoms with van der Waals surface area (Å²) in [6.45, 7) is 0. The molecular weight excluding hydrogens is 544 g/mol. The monoisotopic (exact) mass is 562 g/mol. The summed E-state index contributed by atoms with van der Waals surface area (Å²) >= 11 is 7.24. The van der Waals surface area contributed by atoms with Crippen molar-refractivity contribution in [2.24, 2.45) is 5.10 Å². The van der Waals surface area contributed by atoms with Crippen LogP contribution in [-0.4, -0.2) is 17.8 Å². The van der Waals surface area contributed by atoms with Crippen LogP contribution in [0.2, 0.25) is 0 Å². The topological polar surface area (TPSA) is 34.1 Å². The molecule has 0 amide bonds. The summed E-state index contributed by atoms with van der Waals surface area (Å²) in [5.41, 5.74) is 4.27. The lowest BCUT2D eigenvalue weighted by Gasteiger charge is -2.38. The van der Waals surface area contributed by atoms with Gasteiger partial charge in [0.2, 0.25) is 6.23 Å². The van der Waals surface area contributed by atoms with Gasteiger partial charge in [-0.1, -0.05) is 68.3 Å². The summed E-state index contributed by atoms with van der Waals surface area (Å²) in [6, 6.07) is 27.2. The van der Waals surface area contributed by atoms with Crippen molar-refractivity contribution < 1.29 is 9.47 Å². The van der Waals surface area contributed by atoms with Gasteiger partial charge in [0.05, 0.1) is 24.4 Å². The van der Waals surface area contributed by atoms with Gasteiger partial charge in [-0.3, -0.25) is 0 Å². The number of hydrogen-bond donors (Lipinski definition) is 0. The number of benzene rings is 4. The van der Waals surface area contributed by atoms with E-state index in [1.54, 1.807) is 7.11 Å². The molecular formula is C27H20Br2N2O2. The molecule has 0 radical (unpaired) electrons. The standard InChI is InChI=1S/C27H20Br2N2O2/c1-32-25-10-8-20(29)14-22(25)27-31-24(21-13-19(28)9-11-26(21)33-27)15-23(30-31)18-7-6-16-4-2-3-5-17(16)12-18/h2-14,24,27H,15H2,1H3/t24-,27+/m1/s1. The van der Waals surface area contributed by atoms with Crippen molar-refractivity contribution in [2.75, 3.05) is 7.11 Å². The Morgan fingerprint density at radius 1 is 0.879 bits per heavy atom. The molecule has 4 aromatic carbocycles. The van der Waals surface area contributed by atoms with E-state index in [0.29, 0.717) is 0 Å². The number of hydrogen-bond acceptors (Lipinski definition) is 4. The van der Waals surface area contributed by atoms with E-state index in [1.165, 1.54) is 10.8 Å². The van der Waals surface area contributed by atoms with Gasteiger partial charge in [-0.25, -0.2) is 5.01 Å². The van der Waals surface area contributed by atoms with Crippen molar-refractivity contribution in [3.05, 3.63) is 104 Å². The fourth-order valence-electron chi connectivity index (χ4n) is 4.70. The van der Waals surface area contributed by atoms with E-state index in [-0.39, 0.29) is 6.04 Å². The van der Waals surface area contributed by atoms with E-state index in [2.05, 4.69) is 85.4 Å². The lowest BCUT2D eigenvalue weighted by Crippen LogP contribution is -2.34. The summed E-state index contributed by atoms with van der Waals surface area (Å²) in [5, 5.41) is 9.65. The molecule has 0 fully saturated rings. The highest BCUT2D eigenvalue weighted by Crippen LogP contribution is 2.49. The van der Waals surface area contributed by atoms with Crippen molar-refractivity contribution in [2.45, 2.75) is 18.7 Å². The Kier molecular flexibility index (Phi) is 5.15. The first-order valence-corrected chi connectivity index (χ1v) is 12.3. The maximum Gasteiger partial charge on any atom is 0.217 e. The SMILES string of the molecule is COc1ccc(Br)cc1[C@@H]1Oc2ccc(Br)cc2[C@H]2CC(c3ccc4ccccc4c3)=NN21. The Hall–Kier alpha value is -2.83. The Balaban J connectivity index is 1.48. The summed E-state index contributed by atoms with van der Waals surface area (Å²) in [5.74, 6) is 1.65. The van der Waals surface area contributed by atoms with Crippen LogP contribution in [0.5, 0.6) is 11.5 Å². The van der Waals surface area contributed by atoms with E-state index in [4.69, 9.17) is 14.6 Å². The number of methoxy groups -OCH3 is 1. The Morgan fingerprint density at radius 2 is 1.64 bits per heavy atom. The van der Waals surface area contributed by atoms with Crippen LogP contribution in [0.15, 0.2) is 92.9 Å². The van der Waals surface area contributed by atoms with Gasteiger partial charge in [0, 0.05) is 20.9 Å². The zero-order valence-electron chi connectivity index (χ0n) is 17.8. The number of hydrazone groups is 1. The van der Waals surface area contributed by atoms with Gasteiger partial charge < -0.3 is 9.47 Å². The third-order valence-electron chi connectivity index (χ3n) is 6.29. The minimum Gasteiger partial charge on any atom is -0.496 e. The van der Waals surface area contributed by atoms with Gasteiger partial charge in [-0.15, -0.1) is 0 Å². The number of ether oxygens (including phenoxy) is 2. The molecule has 0 N–H and O–H groups in total. The summed E-state index contributed by atoms with van der Waals surface area (Å²) < 4.78 is 14.2. The van der Waals surface area contributed by atoms with Crippen molar-refractivity contribution >= 4 is 48.3 Å². The largest absolute Gasteiger partial charge is 0.496 e. The Bertz CT molecular complexity index is 1420. The predicted molar refractivity (Wildman–Crippen MR) is 138 cm³/mol. The van der Waals surface area contributed by atoms with Crippen LogP contribution in [0.4, 0.5) is 0 Å². The summed E-state index contributed by atoms with van der Waals surface area (Å²) in [6.07, 6.45) is 0.409. The molecule has 2 atom stereocenters. The average Bonchev–Trinajstić information content (AvgIpc) is 3.29. The molecule has 2 aliphatic heterocycles. The van der Waals surface area contributed by atoms with Crippen LogP contribution in [0.3, 0.4) is 0 Å². The van der Waals surface area contributed by atoms with E-state index >= 15 is 0 Å². The number of fused-ring (bicyclic) bond motifs is 4. The fourth-order valence-corrected chi connectivity index (χ4v) is 5.46. The minimum atomic E-state index is -0.394. The van der Waals surface area contributed by atoms with Crippen molar-refractivity contribution in [3.8, 4) is 11.5 Å². The number of rotatable bonds is 3. The third-order valence-corrected chi connectivity index (χ3v) is 7.28. The zero-order valence-corrected chi connectivity index (χ0v) is 21.0. The number of nitrogens with zero attached hydrogens (tertiary/aromatic N) is 2. The van der Waals surface area contributed by atoms with Crippen LogP contribution in [-0.2, 0) is 0 Å². The van der Waals surface area contributed by atoms with Crippen LogP contribution in [0, 0.1) is 0 Å². The lowest BCUT2D eigenvalue weighted by molar-refractivity contribution is -0.0204. The maximum atomic E-state index is 6.54. The highest BCUT2D eigenvalue weighted by atomic mass is 79.9. The predicted octanol–water partition coefficient (Wildman–Crippen LogP) is 7.62. The van der Waals surface area contributed by atoms with Crippen LogP contribution < -0.4 is 9.47 Å². The first-order chi connectivity index (χ1) is 16.1. The smallest absolute Gasteiger partial charge is 0.217 e. The van der Waals surface area contributed by atoms with Gasteiger partial charge in [-0.2, -0.15) is 5.10 Å². The highest BCUT2D eigenvalue weighted by Gasteiger charge is 2.42. The third kappa shape index (κ3) is 3.62. The van der Waals surface area contributed by atoms with Crippen molar-refractivity contribution in [1.29, 1.82) is 0 Å². The second-order valence-electron chi connectivity index (χ2n) is 8.25. The van der Waals surface area contributed by atoms with E-state index in [9.17, 15) is 0 Å². The lowest BCUT2D eigenvalue weighted by atomic mass is 9.95. The molecule has 0 saturated carbocycles. The van der Waals surface area contributed by atoms with Gasteiger partial charge in [0.1, 0.15) is 11.5 Å². The van der Waals surface area contributed by atoms with Crippen LogP contribution in [0.25, 0.3) is 10.8 Å². The molecule has 0 aromatic heterocycles. The van der Waals surface area contributed by atoms with Gasteiger partial charge in [0.15, 0.2) is 0 Å². The molecule has 2 heterocycles. The molecule has 0 saturated heterocycles. The van der Waals surface area contributed by atoms with Crippen molar-refractivity contribution in [3.63, 3.8) is 0 Å². The molecule has 0 unspecified atom stereocenters. The maximum absolute atomic E-state index is 6.54. The van der Waals surface area contributed by atoms with Gasteiger partial charge in [-0.05, 0) is 58.8 Å². The second-order valence-corrected chi connectivity index (χ2v) is 10.1. The summed E-state index contributed by atoms with van der Waals surface area (Å²) in [7, 11) is 1.69. The molecule has 33 heavy (non-hydrogen) atoms. The van der Waals surface area contributed by atoms with Crippen molar-refractivity contribution in [1.82, 2.24) is 5.01 Å². The molecule has 4 nitrogen and oxygen atoms in total. The minimum absolute atomic E-state index is 0.0707. The zero-order chi connectivity index (χ0) is 22.5. The summed E-state index contributed by atoms with van der Waals surface area (Å²) in [4.78, 5) is 0. The number of halogens is 2. The van der Waals surface area contributed by atoms with Crippen LogP contribution >= 0.6 is 31.9 Å². The average molecular weight is 564 g/mol. The van der Waals surface area contributed by atoms with E-state index in [0.717, 1.165) is 49.3 Å². The van der Waals surface area contributed by atoms with E-state index in [1.807, 2.05) is 30.3 Å². The highest BCUT2D eigenvalue weighted by molar-refractivity contribution is 9.10. The van der Waals surface area contributed by atoms with Gasteiger partial charge >= 0.3 is 0 Å². The van der Waals surface area contributed by atoms with Crippen LogP contribution in [0.1, 0.15) is 35.4 Å². The second kappa shape index (κ2) is 8.19. The molecule has 0 spiro atoms.